The van der Waals surface area contributed by atoms with Gasteiger partial charge in [-0.1, -0.05) is 6.92 Å². The highest BCUT2D eigenvalue weighted by atomic mass is 32.1. The molecule has 1 nitrogen and oxygen atoms in total. The molecule has 0 spiro atoms. The number of thiophene rings is 1. The quantitative estimate of drug-likeness (QED) is 0.691. The molecule has 0 saturated carbocycles. The SMILES string of the molecule is CCc1cc(O)c2ccsc2c1S. The van der Waals surface area contributed by atoms with Crippen LogP contribution >= 0.6 is 24.0 Å². The number of fused-ring (bicyclic) bond motifs is 1. The molecule has 0 amide bonds. The first-order valence-corrected chi connectivity index (χ1v) is 5.47. The molecule has 0 bridgehead atoms. The lowest BCUT2D eigenvalue weighted by Gasteiger charge is -2.04. The number of aryl methyl sites for hydroxylation is 1. The van der Waals surface area contributed by atoms with Gasteiger partial charge in [0.1, 0.15) is 5.75 Å². The molecule has 2 aromatic rings. The van der Waals surface area contributed by atoms with E-state index in [9.17, 15) is 5.11 Å². The van der Waals surface area contributed by atoms with Gasteiger partial charge in [0.15, 0.2) is 0 Å². The third kappa shape index (κ3) is 1.32. The van der Waals surface area contributed by atoms with Crippen LogP contribution in [0.4, 0.5) is 0 Å². The van der Waals surface area contributed by atoms with Crippen LogP contribution in [0.15, 0.2) is 22.4 Å². The second kappa shape index (κ2) is 3.24. The van der Waals surface area contributed by atoms with Gasteiger partial charge in [0.25, 0.3) is 0 Å². The third-order valence-corrected chi connectivity index (χ3v) is 3.75. The van der Waals surface area contributed by atoms with Gasteiger partial charge in [-0.2, -0.15) is 0 Å². The highest BCUT2D eigenvalue weighted by Crippen LogP contribution is 2.36. The summed E-state index contributed by atoms with van der Waals surface area (Å²) in [5.74, 6) is 0.367. The van der Waals surface area contributed by atoms with Gasteiger partial charge >= 0.3 is 0 Å². The van der Waals surface area contributed by atoms with E-state index in [4.69, 9.17) is 0 Å². The molecule has 0 unspecified atom stereocenters. The number of aromatic hydroxyl groups is 1. The predicted molar refractivity (Wildman–Crippen MR) is 60.1 cm³/mol. The molecule has 0 radical (unpaired) electrons. The molecule has 1 aromatic carbocycles. The second-order valence-corrected chi connectivity index (χ2v) is 4.28. The second-order valence-electron chi connectivity index (χ2n) is 2.92. The van der Waals surface area contributed by atoms with Crippen molar-refractivity contribution in [2.24, 2.45) is 0 Å². The van der Waals surface area contributed by atoms with E-state index in [0.717, 1.165) is 27.0 Å². The minimum absolute atomic E-state index is 0.367. The summed E-state index contributed by atoms with van der Waals surface area (Å²) in [6.07, 6.45) is 0.903. The number of phenols is 1. The molecule has 0 atom stereocenters. The van der Waals surface area contributed by atoms with Gasteiger partial charge in [-0.3, -0.25) is 0 Å². The average molecular weight is 210 g/mol. The molecule has 68 valence electrons. The Morgan fingerprint density at radius 2 is 2.31 bits per heavy atom. The molecule has 3 heteroatoms. The fraction of sp³-hybridized carbons (Fsp3) is 0.200. The minimum atomic E-state index is 0.367. The van der Waals surface area contributed by atoms with Crippen LogP contribution in [0.25, 0.3) is 10.1 Å². The van der Waals surface area contributed by atoms with Crippen LogP contribution in [-0.4, -0.2) is 5.11 Å². The highest BCUT2D eigenvalue weighted by Gasteiger charge is 2.08. The van der Waals surface area contributed by atoms with E-state index < -0.39 is 0 Å². The number of hydrogen-bond donors (Lipinski definition) is 2. The highest BCUT2D eigenvalue weighted by molar-refractivity contribution is 7.80. The van der Waals surface area contributed by atoms with Gasteiger partial charge in [0.05, 0.1) is 4.70 Å². The van der Waals surface area contributed by atoms with Crippen molar-refractivity contribution in [1.29, 1.82) is 0 Å². The van der Waals surface area contributed by atoms with Gasteiger partial charge < -0.3 is 5.11 Å². The molecular weight excluding hydrogens is 200 g/mol. The number of hydrogen-bond acceptors (Lipinski definition) is 3. The van der Waals surface area contributed by atoms with Crippen LogP contribution in [0.2, 0.25) is 0 Å². The zero-order valence-corrected chi connectivity index (χ0v) is 8.95. The molecule has 1 N–H and O–H groups in total. The van der Waals surface area contributed by atoms with Gasteiger partial charge in [-0.05, 0) is 29.5 Å². The summed E-state index contributed by atoms with van der Waals surface area (Å²) in [5.41, 5.74) is 1.11. The number of phenolic OH excluding ortho intramolecular Hbond substituents is 1. The van der Waals surface area contributed by atoms with Crippen molar-refractivity contribution in [2.75, 3.05) is 0 Å². The van der Waals surface area contributed by atoms with E-state index >= 15 is 0 Å². The molecule has 1 aromatic heterocycles. The largest absolute Gasteiger partial charge is 0.507 e. The van der Waals surface area contributed by atoms with Gasteiger partial charge in [0, 0.05) is 10.3 Å². The Morgan fingerprint density at radius 3 is 3.00 bits per heavy atom. The molecule has 0 fully saturated rings. The Bertz CT molecular complexity index is 445. The molecule has 1 heterocycles. The molecule has 0 aliphatic carbocycles. The Balaban J connectivity index is 2.85. The molecule has 0 aliphatic heterocycles. The molecule has 0 aliphatic rings. The lowest BCUT2D eigenvalue weighted by molar-refractivity contribution is 0.481. The van der Waals surface area contributed by atoms with Crippen LogP contribution in [0.5, 0.6) is 5.75 Å². The summed E-state index contributed by atoms with van der Waals surface area (Å²) in [5, 5.41) is 12.6. The summed E-state index contributed by atoms with van der Waals surface area (Å²) >= 11 is 6.08. The zero-order valence-electron chi connectivity index (χ0n) is 7.24. The first kappa shape index (κ1) is 8.91. The molecular formula is C10H10OS2. The topological polar surface area (TPSA) is 20.2 Å². The number of thiol groups is 1. The smallest absolute Gasteiger partial charge is 0.124 e. The molecule has 13 heavy (non-hydrogen) atoms. The fourth-order valence-corrected chi connectivity index (χ4v) is 2.80. The first-order chi connectivity index (χ1) is 6.24. The minimum Gasteiger partial charge on any atom is -0.507 e. The average Bonchev–Trinajstić information content (AvgIpc) is 2.60. The van der Waals surface area contributed by atoms with Gasteiger partial charge in [-0.15, -0.1) is 24.0 Å². The fourth-order valence-electron chi connectivity index (χ4n) is 1.42. The first-order valence-electron chi connectivity index (χ1n) is 4.15. The normalized spacial score (nSPS) is 10.9. The summed E-state index contributed by atoms with van der Waals surface area (Å²) in [6, 6.07) is 3.73. The monoisotopic (exact) mass is 210 g/mol. The van der Waals surface area contributed by atoms with Crippen LogP contribution < -0.4 is 0 Å². The van der Waals surface area contributed by atoms with E-state index in [2.05, 4.69) is 19.6 Å². The van der Waals surface area contributed by atoms with E-state index in [1.54, 1.807) is 17.4 Å². The Labute approximate surface area is 86.4 Å². The number of rotatable bonds is 1. The van der Waals surface area contributed by atoms with Crippen molar-refractivity contribution in [3.05, 3.63) is 23.1 Å². The Hall–Kier alpha value is -0.670. The van der Waals surface area contributed by atoms with Crippen LogP contribution in [0, 0.1) is 0 Å². The van der Waals surface area contributed by atoms with Crippen molar-refractivity contribution in [3.8, 4) is 5.75 Å². The van der Waals surface area contributed by atoms with E-state index in [1.807, 2.05) is 11.4 Å². The summed E-state index contributed by atoms with van der Waals surface area (Å²) < 4.78 is 1.08. The summed E-state index contributed by atoms with van der Waals surface area (Å²) in [6.45, 7) is 2.06. The maximum atomic E-state index is 9.67. The zero-order chi connectivity index (χ0) is 9.42. The van der Waals surface area contributed by atoms with E-state index in [0.29, 0.717) is 5.75 Å². The third-order valence-electron chi connectivity index (χ3n) is 2.15. The Kier molecular flexibility index (Phi) is 2.22. The number of benzene rings is 1. The molecule has 2 rings (SSSR count). The summed E-state index contributed by atoms with van der Waals surface area (Å²) in [7, 11) is 0. The van der Waals surface area contributed by atoms with Crippen molar-refractivity contribution < 1.29 is 5.11 Å². The lowest BCUT2D eigenvalue weighted by atomic mass is 10.1. The van der Waals surface area contributed by atoms with E-state index in [1.165, 1.54) is 0 Å². The van der Waals surface area contributed by atoms with Crippen molar-refractivity contribution >= 4 is 34.1 Å². The van der Waals surface area contributed by atoms with Crippen LogP contribution in [0.3, 0.4) is 0 Å². The predicted octanol–water partition coefficient (Wildman–Crippen LogP) is 3.46. The lowest BCUT2D eigenvalue weighted by Crippen LogP contribution is -1.83. The molecule has 0 saturated heterocycles. The van der Waals surface area contributed by atoms with Crippen molar-refractivity contribution in [2.45, 2.75) is 18.2 Å². The Morgan fingerprint density at radius 1 is 1.54 bits per heavy atom. The van der Waals surface area contributed by atoms with Crippen LogP contribution in [0.1, 0.15) is 12.5 Å². The van der Waals surface area contributed by atoms with E-state index in [-0.39, 0.29) is 0 Å². The maximum Gasteiger partial charge on any atom is 0.124 e. The maximum absolute atomic E-state index is 9.67. The van der Waals surface area contributed by atoms with Crippen molar-refractivity contribution in [3.63, 3.8) is 0 Å². The van der Waals surface area contributed by atoms with Crippen molar-refractivity contribution in [1.82, 2.24) is 0 Å². The van der Waals surface area contributed by atoms with Crippen LogP contribution in [-0.2, 0) is 6.42 Å². The summed E-state index contributed by atoms with van der Waals surface area (Å²) in [4.78, 5) is 1.00. The van der Waals surface area contributed by atoms with Gasteiger partial charge in [0.2, 0.25) is 0 Å². The standard InChI is InChI=1S/C10H10OS2/c1-2-6-5-8(11)7-3-4-13-10(7)9(6)12/h3-5,11-12H,2H2,1H3. The van der Waals surface area contributed by atoms with Gasteiger partial charge in [-0.25, -0.2) is 0 Å².